The van der Waals surface area contributed by atoms with Crippen molar-refractivity contribution in [2.45, 2.75) is 24.8 Å². The average Bonchev–Trinajstić information content (AvgIpc) is 3.01. The van der Waals surface area contributed by atoms with Crippen molar-refractivity contribution in [3.05, 3.63) is 35.7 Å². The zero-order chi connectivity index (χ0) is 15.7. The number of rotatable bonds is 3. The molecule has 0 aromatic carbocycles. The summed E-state index contributed by atoms with van der Waals surface area (Å²) in [7, 11) is -3.56. The van der Waals surface area contributed by atoms with Gasteiger partial charge in [-0.2, -0.15) is 9.40 Å². The Balaban J connectivity index is 1.86. The largest absolute Gasteiger partial charge is 0.369 e. The van der Waals surface area contributed by atoms with E-state index in [4.69, 9.17) is 4.74 Å². The molecule has 0 bridgehead atoms. The molecule has 0 spiro atoms. The predicted octanol–water partition coefficient (Wildman–Crippen LogP) is 0.579. The van der Waals surface area contributed by atoms with Gasteiger partial charge >= 0.3 is 0 Å². The van der Waals surface area contributed by atoms with Crippen LogP contribution in [0.25, 0.3) is 0 Å². The quantitative estimate of drug-likeness (QED) is 0.886. The molecule has 0 radical (unpaired) electrons. The lowest BCUT2D eigenvalue weighted by atomic mass is 10.2. The summed E-state index contributed by atoms with van der Waals surface area (Å²) in [6, 6.07) is 1.83. The maximum atomic E-state index is 12.5. The normalized spacial score (nSPS) is 20.2. The van der Waals surface area contributed by atoms with Crippen molar-refractivity contribution in [2.24, 2.45) is 0 Å². The molecule has 0 aliphatic carbocycles. The van der Waals surface area contributed by atoms with Gasteiger partial charge in [0.15, 0.2) is 0 Å². The van der Waals surface area contributed by atoms with Crippen molar-refractivity contribution in [3.8, 4) is 0 Å². The van der Waals surface area contributed by atoms with E-state index in [0.29, 0.717) is 24.7 Å². The van der Waals surface area contributed by atoms with Crippen molar-refractivity contribution < 1.29 is 13.2 Å². The Morgan fingerprint density at radius 3 is 2.86 bits per heavy atom. The van der Waals surface area contributed by atoms with E-state index < -0.39 is 16.1 Å². The Morgan fingerprint density at radius 2 is 2.18 bits per heavy atom. The molecular weight excluding hydrogens is 306 g/mol. The fraction of sp³-hybridized carbons (Fsp3) is 0.462. The number of hydrogen-bond acceptors (Lipinski definition) is 6. The number of sulfonamides is 1. The van der Waals surface area contributed by atoms with Crippen LogP contribution in [-0.2, 0) is 14.8 Å². The monoisotopic (exact) mass is 323 g/mol. The third kappa shape index (κ3) is 2.87. The van der Waals surface area contributed by atoms with Crippen molar-refractivity contribution in [1.82, 2.24) is 24.5 Å². The molecule has 1 unspecified atom stereocenters. The number of aryl methyl sites for hydroxylation is 2. The number of aromatic nitrogens is 4. The van der Waals surface area contributed by atoms with Gasteiger partial charge in [-0.15, -0.1) is 0 Å². The maximum absolute atomic E-state index is 12.5. The molecule has 1 saturated heterocycles. The van der Waals surface area contributed by atoms with E-state index >= 15 is 0 Å². The van der Waals surface area contributed by atoms with Gasteiger partial charge in [-0.3, -0.25) is 5.10 Å². The van der Waals surface area contributed by atoms with E-state index in [0.717, 1.165) is 5.69 Å². The van der Waals surface area contributed by atoms with Crippen LogP contribution >= 0.6 is 0 Å². The predicted molar refractivity (Wildman–Crippen MR) is 77.5 cm³/mol. The second-order valence-corrected chi connectivity index (χ2v) is 7.08. The van der Waals surface area contributed by atoms with Crippen molar-refractivity contribution in [3.63, 3.8) is 0 Å². The van der Waals surface area contributed by atoms with Gasteiger partial charge in [-0.1, -0.05) is 0 Å². The number of nitrogens with one attached hydrogen (secondary N) is 1. The summed E-state index contributed by atoms with van der Waals surface area (Å²) in [5.74, 6) is 0.647. The molecule has 0 amide bonds. The molecule has 1 atom stereocenters. The van der Waals surface area contributed by atoms with E-state index in [-0.39, 0.29) is 11.4 Å². The number of morpholine rings is 1. The second-order valence-electron chi connectivity index (χ2n) is 5.14. The van der Waals surface area contributed by atoms with Crippen LogP contribution in [0.15, 0.2) is 23.4 Å². The lowest BCUT2D eigenvalue weighted by Gasteiger charge is -2.31. The fourth-order valence-electron chi connectivity index (χ4n) is 2.46. The average molecular weight is 323 g/mol. The Morgan fingerprint density at radius 1 is 1.36 bits per heavy atom. The summed E-state index contributed by atoms with van der Waals surface area (Å²) in [6.45, 7) is 4.54. The van der Waals surface area contributed by atoms with Crippen LogP contribution in [0.3, 0.4) is 0 Å². The summed E-state index contributed by atoms with van der Waals surface area (Å²) < 4.78 is 32.2. The number of H-pyrrole nitrogens is 1. The third-order valence-corrected chi connectivity index (χ3v) is 5.29. The van der Waals surface area contributed by atoms with E-state index in [2.05, 4.69) is 20.2 Å². The summed E-state index contributed by atoms with van der Waals surface area (Å²) in [5, 5.41) is 6.23. The van der Waals surface area contributed by atoms with Crippen molar-refractivity contribution >= 4 is 10.0 Å². The van der Waals surface area contributed by atoms with Crippen LogP contribution in [0.2, 0.25) is 0 Å². The van der Waals surface area contributed by atoms with Crippen LogP contribution in [0.1, 0.15) is 23.3 Å². The van der Waals surface area contributed by atoms with E-state index in [9.17, 15) is 8.42 Å². The van der Waals surface area contributed by atoms with Crippen molar-refractivity contribution in [2.75, 3.05) is 19.7 Å². The summed E-state index contributed by atoms with van der Waals surface area (Å²) in [6.07, 6.45) is 2.29. The second kappa shape index (κ2) is 5.75. The zero-order valence-corrected chi connectivity index (χ0v) is 13.2. The van der Waals surface area contributed by atoms with Crippen LogP contribution in [-0.4, -0.2) is 52.6 Å². The van der Waals surface area contributed by atoms with E-state index in [1.165, 1.54) is 16.7 Å². The third-order valence-electron chi connectivity index (χ3n) is 3.46. The highest BCUT2D eigenvalue weighted by Crippen LogP contribution is 2.25. The Hall–Kier alpha value is -1.84. The molecule has 9 heteroatoms. The van der Waals surface area contributed by atoms with Gasteiger partial charge in [0, 0.05) is 25.0 Å². The van der Waals surface area contributed by atoms with E-state index in [1.54, 1.807) is 6.92 Å². The lowest BCUT2D eigenvalue weighted by Crippen LogP contribution is -2.42. The summed E-state index contributed by atoms with van der Waals surface area (Å²) in [4.78, 5) is 8.74. The highest BCUT2D eigenvalue weighted by molar-refractivity contribution is 7.89. The van der Waals surface area contributed by atoms with Gasteiger partial charge in [-0.25, -0.2) is 18.4 Å². The van der Waals surface area contributed by atoms with Gasteiger partial charge < -0.3 is 4.74 Å². The van der Waals surface area contributed by atoms with E-state index in [1.807, 2.05) is 13.0 Å². The first-order valence-electron chi connectivity index (χ1n) is 6.89. The molecule has 2 aromatic rings. The smallest absolute Gasteiger partial charge is 0.246 e. The van der Waals surface area contributed by atoms with Crippen LogP contribution < -0.4 is 0 Å². The first kappa shape index (κ1) is 15.1. The fourth-order valence-corrected chi connectivity index (χ4v) is 3.79. The maximum Gasteiger partial charge on any atom is 0.246 e. The van der Waals surface area contributed by atoms with Crippen molar-refractivity contribution in [1.29, 1.82) is 0 Å². The minimum Gasteiger partial charge on any atom is -0.369 e. The SMILES string of the molecule is Cc1cc(C2CN(S(=O)(=O)c3cn[nH]c3)CCO2)nc(C)n1. The summed E-state index contributed by atoms with van der Waals surface area (Å²) >= 11 is 0. The minimum atomic E-state index is -3.56. The Labute approximate surface area is 128 Å². The molecule has 8 nitrogen and oxygen atoms in total. The standard InChI is InChI=1S/C13H17N5O3S/c1-9-5-12(17-10(2)16-9)13-8-18(3-4-21-13)22(19,20)11-6-14-15-7-11/h5-7,13H,3-4,8H2,1-2H3,(H,14,15). The molecule has 2 aromatic heterocycles. The van der Waals surface area contributed by atoms with Crippen LogP contribution in [0, 0.1) is 13.8 Å². The number of ether oxygens (including phenoxy) is 1. The molecular formula is C13H17N5O3S. The first-order chi connectivity index (χ1) is 10.5. The Bertz CT molecular complexity index is 740. The van der Waals surface area contributed by atoms with Gasteiger partial charge in [0.05, 0.1) is 18.5 Å². The van der Waals surface area contributed by atoms with Crippen LogP contribution in [0.4, 0.5) is 0 Å². The molecule has 0 saturated carbocycles. The van der Waals surface area contributed by atoms with Gasteiger partial charge in [0.25, 0.3) is 0 Å². The molecule has 3 heterocycles. The van der Waals surface area contributed by atoms with Gasteiger partial charge in [0.1, 0.15) is 16.8 Å². The van der Waals surface area contributed by atoms with Gasteiger partial charge in [-0.05, 0) is 19.9 Å². The molecule has 1 fully saturated rings. The van der Waals surface area contributed by atoms with Crippen LogP contribution in [0.5, 0.6) is 0 Å². The number of aromatic amines is 1. The molecule has 1 aliphatic heterocycles. The summed E-state index contributed by atoms with van der Waals surface area (Å²) in [5.41, 5.74) is 1.54. The Kier molecular flexibility index (Phi) is 3.94. The zero-order valence-electron chi connectivity index (χ0n) is 12.4. The molecule has 1 aliphatic rings. The molecule has 1 N–H and O–H groups in total. The molecule has 118 valence electrons. The molecule has 3 rings (SSSR count). The first-order valence-corrected chi connectivity index (χ1v) is 8.33. The lowest BCUT2D eigenvalue weighted by molar-refractivity contribution is -0.00513. The minimum absolute atomic E-state index is 0.156. The van der Waals surface area contributed by atoms with Gasteiger partial charge in [0.2, 0.25) is 10.0 Å². The topological polar surface area (TPSA) is 101 Å². The highest BCUT2D eigenvalue weighted by Gasteiger charge is 2.32. The molecule has 22 heavy (non-hydrogen) atoms. The highest BCUT2D eigenvalue weighted by atomic mass is 32.2. The number of hydrogen-bond donors (Lipinski definition) is 1. The number of nitrogens with zero attached hydrogens (tertiary/aromatic N) is 4.